The largest absolute Gasteiger partial charge is 0.295 e. The SMILES string of the molecule is CCC(C)(C)c1cnc(C(=O)Nc2nccn2F)nc1. The Morgan fingerprint density at radius 3 is 2.50 bits per heavy atom. The molecule has 2 heterocycles. The van der Waals surface area contributed by atoms with Crippen molar-refractivity contribution >= 4 is 11.9 Å². The molecule has 106 valence electrons. The maximum Gasteiger partial charge on any atom is 0.295 e. The first kappa shape index (κ1) is 14.1. The van der Waals surface area contributed by atoms with Crippen molar-refractivity contribution < 1.29 is 9.28 Å². The summed E-state index contributed by atoms with van der Waals surface area (Å²) in [6, 6.07) is 0. The van der Waals surface area contributed by atoms with Gasteiger partial charge < -0.3 is 0 Å². The average Bonchev–Trinajstić information content (AvgIpc) is 2.84. The van der Waals surface area contributed by atoms with Gasteiger partial charge in [-0.15, -0.1) is 0 Å². The molecule has 20 heavy (non-hydrogen) atoms. The van der Waals surface area contributed by atoms with Gasteiger partial charge in [0.05, 0.1) is 12.4 Å². The van der Waals surface area contributed by atoms with E-state index in [1.54, 1.807) is 12.4 Å². The lowest BCUT2D eigenvalue weighted by Gasteiger charge is -2.22. The minimum Gasteiger partial charge on any atom is -0.287 e. The molecule has 1 N–H and O–H groups in total. The number of amides is 1. The smallest absolute Gasteiger partial charge is 0.287 e. The zero-order valence-electron chi connectivity index (χ0n) is 11.6. The molecule has 0 spiro atoms. The van der Waals surface area contributed by atoms with Gasteiger partial charge in [-0.2, -0.15) is 4.79 Å². The Balaban J connectivity index is 2.14. The summed E-state index contributed by atoms with van der Waals surface area (Å²) in [6.07, 6.45) is 6.49. The van der Waals surface area contributed by atoms with Crippen LogP contribution in [0.3, 0.4) is 0 Å². The summed E-state index contributed by atoms with van der Waals surface area (Å²) in [4.78, 5) is 23.7. The molecule has 0 aromatic carbocycles. The molecule has 0 aliphatic heterocycles. The van der Waals surface area contributed by atoms with Gasteiger partial charge in [0.2, 0.25) is 11.8 Å². The van der Waals surface area contributed by atoms with Crippen molar-refractivity contribution in [1.82, 2.24) is 19.7 Å². The predicted octanol–water partition coefficient (Wildman–Crippen LogP) is 2.35. The van der Waals surface area contributed by atoms with Crippen molar-refractivity contribution in [2.24, 2.45) is 0 Å². The summed E-state index contributed by atoms with van der Waals surface area (Å²) < 4.78 is 13.1. The Labute approximate surface area is 116 Å². The second kappa shape index (κ2) is 5.36. The normalized spacial score (nSPS) is 11.4. The molecule has 2 aromatic rings. The van der Waals surface area contributed by atoms with Gasteiger partial charge in [0, 0.05) is 12.4 Å². The molecule has 0 bridgehead atoms. The van der Waals surface area contributed by atoms with Crippen molar-refractivity contribution in [1.29, 1.82) is 0 Å². The molecule has 0 saturated carbocycles. The first-order valence-electron chi connectivity index (χ1n) is 6.27. The zero-order valence-corrected chi connectivity index (χ0v) is 11.6. The summed E-state index contributed by atoms with van der Waals surface area (Å²) in [5, 5.41) is 2.29. The van der Waals surface area contributed by atoms with E-state index in [-0.39, 0.29) is 22.0 Å². The third kappa shape index (κ3) is 2.81. The van der Waals surface area contributed by atoms with Crippen molar-refractivity contribution in [2.45, 2.75) is 32.6 Å². The second-order valence-electron chi connectivity index (χ2n) is 5.05. The van der Waals surface area contributed by atoms with Crippen molar-refractivity contribution in [2.75, 3.05) is 5.32 Å². The van der Waals surface area contributed by atoms with Gasteiger partial charge in [0.25, 0.3) is 5.91 Å². The fraction of sp³-hybridized carbons (Fsp3) is 0.385. The van der Waals surface area contributed by atoms with Crippen LogP contribution in [0.15, 0.2) is 24.8 Å². The van der Waals surface area contributed by atoms with Crippen molar-refractivity contribution in [3.63, 3.8) is 0 Å². The minimum atomic E-state index is -0.601. The molecular formula is C13H16FN5O. The van der Waals surface area contributed by atoms with E-state index >= 15 is 0 Å². The van der Waals surface area contributed by atoms with Crippen LogP contribution in [0.5, 0.6) is 0 Å². The quantitative estimate of drug-likeness (QED) is 0.931. The molecule has 2 rings (SSSR count). The molecule has 0 radical (unpaired) electrons. The number of hydrogen-bond donors (Lipinski definition) is 1. The van der Waals surface area contributed by atoms with Crippen molar-refractivity contribution in [3.05, 3.63) is 36.2 Å². The van der Waals surface area contributed by atoms with Crippen LogP contribution in [0.4, 0.5) is 10.4 Å². The number of hydrogen-bond acceptors (Lipinski definition) is 4. The predicted molar refractivity (Wildman–Crippen MR) is 72.0 cm³/mol. The second-order valence-corrected chi connectivity index (χ2v) is 5.05. The van der Waals surface area contributed by atoms with Gasteiger partial charge in [-0.1, -0.05) is 25.3 Å². The molecule has 0 aliphatic carbocycles. The van der Waals surface area contributed by atoms with Crippen LogP contribution in [-0.2, 0) is 5.41 Å². The van der Waals surface area contributed by atoms with Crippen molar-refractivity contribution in [3.8, 4) is 0 Å². The highest BCUT2D eigenvalue weighted by atomic mass is 19.2. The van der Waals surface area contributed by atoms with E-state index in [1.807, 2.05) is 0 Å². The maximum atomic E-state index is 13.1. The van der Waals surface area contributed by atoms with Gasteiger partial charge in [0.1, 0.15) is 0 Å². The summed E-state index contributed by atoms with van der Waals surface area (Å²) >= 11 is 0. The van der Waals surface area contributed by atoms with Crippen LogP contribution >= 0.6 is 0 Å². The van der Waals surface area contributed by atoms with Gasteiger partial charge in [-0.25, -0.2) is 15.0 Å². The number of aromatic nitrogens is 4. The lowest BCUT2D eigenvalue weighted by Crippen LogP contribution is -2.20. The Morgan fingerprint density at radius 2 is 2.00 bits per heavy atom. The fourth-order valence-electron chi connectivity index (χ4n) is 1.53. The topological polar surface area (TPSA) is 72.7 Å². The summed E-state index contributed by atoms with van der Waals surface area (Å²) in [7, 11) is 0. The highest BCUT2D eigenvalue weighted by molar-refractivity contribution is 6.00. The van der Waals surface area contributed by atoms with Crippen LogP contribution in [0.1, 0.15) is 43.4 Å². The van der Waals surface area contributed by atoms with Crippen LogP contribution in [-0.4, -0.2) is 25.6 Å². The van der Waals surface area contributed by atoms with Crippen LogP contribution in [0.25, 0.3) is 0 Å². The number of carbonyl (C=O) groups is 1. The van der Waals surface area contributed by atoms with Crippen LogP contribution in [0, 0.1) is 0 Å². The summed E-state index contributed by atoms with van der Waals surface area (Å²) in [6.45, 7) is 6.22. The van der Waals surface area contributed by atoms with E-state index < -0.39 is 5.91 Å². The van der Waals surface area contributed by atoms with Gasteiger partial charge in [-0.05, 0) is 17.4 Å². The maximum absolute atomic E-state index is 13.1. The molecular weight excluding hydrogens is 261 g/mol. The third-order valence-corrected chi connectivity index (χ3v) is 3.34. The molecule has 0 unspecified atom stereocenters. The molecule has 2 aromatic heterocycles. The van der Waals surface area contributed by atoms with E-state index in [0.29, 0.717) is 0 Å². The Kier molecular flexibility index (Phi) is 3.78. The van der Waals surface area contributed by atoms with Gasteiger partial charge >= 0.3 is 0 Å². The molecule has 6 nitrogen and oxygen atoms in total. The van der Waals surface area contributed by atoms with E-state index in [4.69, 9.17) is 0 Å². The minimum absolute atomic E-state index is 0.0244. The number of carbonyl (C=O) groups excluding carboxylic acids is 1. The monoisotopic (exact) mass is 277 g/mol. The van der Waals surface area contributed by atoms with E-state index in [9.17, 15) is 9.28 Å². The Bertz CT molecular complexity index is 605. The molecule has 7 heteroatoms. The standard InChI is InChI=1S/C13H16FN5O/c1-4-13(2,3)9-7-16-10(17-8-9)11(20)18-12-15-5-6-19(12)14/h5-8H,4H2,1-3H3,(H,15,18,20). The fourth-order valence-corrected chi connectivity index (χ4v) is 1.53. The first-order valence-corrected chi connectivity index (χ1v) is 6.27. The highest BCUT2D eigenvalue weighted by Gasteiger charge is 2.20. The highest BCUT2D eigenvalue weighted by Crippen LogP contribution is 2.25. The Hall–Kier alpha value is -2.31. The lowest BCUT2D eigenvalue weighted by molar-refractivity contribution is 0.101. The van der Waals surface area contributed by atoms with E-state index in [2.05, 4.69) is 41.0 Å². The molecule has 0 aliphatic rings. The Morgan fingerprint density at radius 1 is 1.35 bits per heavy atom. The van der Waals surface area contributed by atoms with E-state index in [0.717, 1.165) is 18.2 Å². The molecule has 0 atom stereocenters. The molecule has 0 saturated heterocycles. The summed E-state index contributed by atoms with van der Waals surface area (Å²) in [5.41, 5.74) is 0.896. The van der Waals surface area contributed by atoms with Crippen LogP contribution < -0.4 is 5.32 Å². The first-order chi connectivity index (χ1) is 9.44. The van der Waals surface area contributed by atoms with Crippen LogP contribution in [0.2, 0.25) is 0 Å². The van der Waals surface area contributed by atoms with Gasteiger partial charge in [-0.3, -0.25) is 10.1 Å². The number of rotatable bonds is 4. The number of halogens is 1. The number of anilines is 1. The number of imidazole rings is 1. The number of nitrogens with one attached hydrogen (secondary N) is 1. The van der Waals surface area contributed by atoms with Gasteiger partial charge in [0.15, 0.2) is 0 Å². The zero-order chi connectivity index (χ0) is 14.8. The summed E-state index contributed by atoms with van der Waals surface area (Å²) in [5.74, 6) is -0.823. The van der Waals surface area contributed by atoms with E-state index in [1.165, 1.54) is 6.20 Å². The third-order valence-electron chi connectivity index (χ3n) is 3.34. The number of nitrogens with zero attached hydrogens (tertiary/aromatic N) is 4. The average molecular weight is 277 g/mol. The molecule has 1 amide bonds. The molecule has 0 fully saturated rings. The lowest BCUT2D eigenvalue weighted by atomic mass is 9.84.